The van der Waals surface area contributed by atoms with E-state index in [1.165, 1.54) is 18.1 Å². The smallest absolute Gasteiger partial charge is 0.302 e. The van der Waals surface area contributed by atoms with Gasteiger partial charge in [-0.3, -0.25) is 9.69 Å². The van der Waals surface area contributed by atoms with Crippen molar-refractivity contribution in [2.75, 3.05) is 0 Å². The summed E-state index contributed by atoms with van der Waals surface area (Å²) < 4.78 is 5.37. The molecule has 2 aromatic carbocycles. The van der Waals surface area contributed by atoms with Crippen LogP contribution in [0.3, 0.4) is 0 Å². The minimum atomic E-state index is -0.667. The van der Waals surface area contributed by atoms with Gasteiger partial charge in [0.15, 0.2) is 0 Å². The summed E-state index contributed by atoms with van der Waals surface area (Å²) in [5, 5.41) is 10.9. The normalized spacial score (nSPS) is 23.0. The number of rotatable bonds is 6. The second kappa shape index (κ2) is 8.97. The van der Waals surface area contributed by atoms with Crippen LogP contribution in [0.4, 0.5) is 0 Å². The Hall–Kier alpha value is -2.17. The number of hydrogen-bond donors (Lipinski definition) is 1. The highest BCUT2D eigenvalue weighted by molar-refractivity contribution is 5.66. The van der Waals surface area contributed by atoms with Gasteiger partial charge in [-0.25, -0.2) is 0 Å². The van der Waals surface area contributed by atoms with Gasteiger partial charge in [0.2, 0.25) is 0 Å². The molecule has 3 rings (SSSR count). The van der Waals surface area contributed by atoms with Crippen LogP contribution in [0.25, 0.3) is 0 Å². The molecule has 1 saturated carbocycles. The molecule has 0 radical (unpaired) electrons. The summed E-state index contributed by atoms with van der Waals surface area (Å²) >= 11 is 0. The average Bonchev–Trinajstić information content (AvgIpc) is 2.64. The minimum absolute atomic E-state index is 0.0338. The van der Waals surface area contributed by atoms with E-state index in [1.807, 2.05) is 36.4 Å². The Morgan fingerprint density at radius 2 is 1.54 bits per heavy atom. The second-order valence-electron chi connectivity index (χ2n) is 7.01. The van der Waals surface area contributed by atoms with E-state index in [4.69, 9.17) is 4.74 Å². The molecule has 1 N–H and O–H groups in total. The van der Waals surface area contributed by atoms with Crippen molar-refractivity contribution in [1.82, 2.24) is 4.90 Å². The maximum absolute atomic E-state index is 11.4. The van der Waals surface area contributed by atoms with Crippen LogP contribution < -0.4 is 0 Å². The standard InChI is InChI=1S/C22H27NO3/c1-17(24)26-21-14-8-13-20(22(21)25)23(15-18-9-4-2-5-10-18)16-19-11-6-3-7-12-19/h2-7,9-12,20-22,25H,8,13-16H2,1H3/t20-,21+,22+/m1/s1. The maximum atomic E-state index is 11.4. The van der Waals surface area contributed by atoms with Gasteiger partial charge in [-0.15, -0.1) is 0 Å². The van der Waals surface area contributed by atoms with Crippen molar-refractivity contribution in [3.05, 3.63) is 71.8 Å². The number of esters is 1. The number of aliphatic hydroxyl groups excluding tert-OH is 1. The van der Waals surface area contributed by atoms with Crippen molar-refractivity contribution in [2.45, 2.75) is 57.5 Å². The largest absolute Gasteiger partial charge is 0.460 e. The summed E-state index contributed by atoms with van der Waals surface area (Å²) in [6.07, 6.45) is 1.49. The van der Waals surface area contributed by atoms with Gasteiger partial charge in [-0.2, -0.15) is 0 Å². The van der Waals surface area contributed by atoms with Gasteiger partial charge >= 0.3 is 5.97 Å². The van der Waals surface area contributed by atoms with Gasteiger partial charge in [0.05, 0.1) is 0 Å². The first-order chi connectivity index (χ1) is 12.6. The van der Waals surface area contributed by atoms with E-state index >= 15 is 0 Å². The molecule has 0 amide bonds. The molecular weight excluding hydrogens is 326 g/mol. The molecule has 0 aliphatic heterocycles. The Balaban J connectivity index is 1.80. The first kappa shape index (κ1) is 18.6. The lowest BCUT2D eigenvalue weighted by Gasteiger charge is -2.41. The lowest BCUT2D eigenvalue weighted by atomic mass is 9.88. The first-order valence-electron chi connectivity index (χ1n) is 9.30. The van der Waals surface area contributed by atoms with Crippen LogP contribution in [0.2, 0.25) is 0 Å². The third-order valence-corrected chi connectivity index (χ3v) is 5.01. The number of hydrogen-bond acceptors (Lipinski definition) is 4. The van der Waals surface area contributed by atoms with E-state index in [1.54, 1.807) is 0 Å². The van der Waals surface area contributed by atoms with Crippen molar-refractivity contribution in [2.24, 2.45) is 0 Å². The second-order valence-corrected chi connectivity index (χ2v) is 7.01. The highest BCUT2D eigenvalue weighted by Crippen LogP contribution is 2.28. The van der Waals surface area contributed by atoms with Gasteiger partial charge in [-0.1, -0.05) is 60.7 Å². The quantitative estimate of drug-likeness (QED) is 0.807. The molecular formula is C22H27NO3. The zero-order valence-electron chi connectivity index (χ0n) is 15.3. The van der Waals surface area contributed by atoms with Gasteiger partial charge in [0.25, 0.3) is 0 Å². The zero-order chi connectivity index (χ0) is 18.4. The molecule has 1 aliphatic carbocycles. The van der Waals surface area contributed by atoms with Crippen molar-refractivity contribution < 1.29 is 14.6 Å². The topological polar surface area (TPSA) is 49.8 Å². The van der Waals surface area contributed by atoms with Gasteiger partial charge in [0.1, 0.15) is 12.2 Å². The predicted octanol–water partition coefficient (Wildman–Crippen LogP) is 3.53. The average molecular weight is 353 g/mol. The zero-order valence-corrected chi connectivity index (χ0v) is 15.3. The van der Waals surface area contributed by atoms with Crippen molar-refractivity contribution in [1.29, 1.82) is 0 Å². The lowest BCUT2D eigenvalue weighted by Crippen LogP contribution is -2.51. The Bertz CT molecular complexity index is 648. The number of carbonyl (C=O) groups excluding carboxylic acids is 1. The maximum Gasteiger partial charge on any atom is 0.302 e. The van der Waals surface area contributed by atoms with Crippen LogP contribution in [0.15, 0.2) is 60.7 Å². The van der Waals surface area contributed by atoms with E-state index < -0.39 is 12.2 Å². The number of carbonyl (C=O) groups is 1. The minimum Gasteiger partial charge on any atom is -0.460 e. The predicted molar refractivity (Wildman–Crippen MR) is 101 cm³/mol. The summed E-state index contributed by atoms with van der Waals surface area (Å²) in [7, 11) is 0. The highest BCUT2D eigenvalue weighted by atomic mass is 16.6. The summed E-state index contributed by atoms with van der Waals surface area (Å²) in [4.78, 5) is 13.7. The summed E-state index contributed by atoms with van der Waals surface area (Å²) in [6, 6.07) is 20.6. The molecule has 0 heterocycles. The number of aliphatic hydroxyl groups is 1. The Labute approximate surface area is 155 Å². The molecule has 1 fully saturated rings. The summed E-state index contributed by atoms with van der Waals surface area (Å²) in [5.41, 5.74) is 2.43. The monoisotopic (exact) mass is 353 g/mol. The van der Waals surface area contributed by atoms with Crippen LogP contribution in [-0.4, -0.2) is 34.2 Å². The fourth-order valence-electron chi connectivity index (χ4n) is 3.78. The van der Waals surface area contributed by atoms with Crippen LogP contribution in [0.5, 0.6) is 0 Å². The van der Waals surface area contributed by atoms with E-state index in [2.05, 4.69) is 29.2 Å². The van der Waals surface area contributed by atoms with Crippen LogP contribution in [-0.2, 0) is 22.6 Å². The van der Waals surface area contributed by atoms with Crippen LogP contribution in [0, 0.1) is 0 Å². The van der Waals surface area contributed by atoms with E-state index in [-0.39, 0.29) is 12.0 Å². The molecule has 0 bridgehead atoms. The summed E-state index contributed by atoms with van der Waals surface area (Å²) in [5.74, 6) is -0.327. The Morgan fingerprint density at radius 3 is 2.04 bits per heavy atom. The fraction of sp³-hybridized carbons (Fsp3) is 0.409. The lowest BCUT2D eigenvalue weighted by molar-refractivity contribution is -0.159. The van der Waals surface area contributed by atoms with E-state index in [0.717, 1.165) is 32.4 Å². The van der Waals surface area contributed by atoms with Gasteiger partial charge in [-0.05, 0) is 30.4 Å². The summed E-state index contributed by atoms with van der Waals surface area (Å²) in [6.45, 7) is 2.91. The van der Waals surface area contributed by atoms with E-state index in [9.17, 15) is 9.90 Å². The third kappa shape index (κ3) is 4.93. The molecule has 4 nitrogen and oxygen atoms in total. The molecule has 0 unspecified atom stereocenters. The van der Waals surface area contributed by atoms with Crippen molar-refractivity contribution in [3.8, 4) is 0 Å². The van der Waals surface area contributed by atoms with Gasteiger partial charge < -0.3 is 9.84 Å². The highest BCUT2D eigenvalue weighted by Gasteiger charge is 2.37. The molecule has 138 valence electrons. The number of ether oxygens (including phenoxy) is 1. The molecule has 0 aromatic heterocycles. The van der Waals surface area contributed by atoms with Crippen molar-refractivity contribution in [3.63, 3.8) is 0 Å². The van der Waals surface area contributed by atoms with Crippen LogP contribution in [0.1, 0.15) is 37.3 Å². The Morgan fingerprint density at radius 1 is 1.00 bits per heavy atom. The van der Waals surface area contributed by atoms with Gasteiger partial charge in [0, 0.05) is 26.1 Å². The third-order valence-electron chi connectivity index (χ3n) is 5.01. The Kier molecular flexibility index (Phi) is 6.42. The molecule has 0 spiro atoms. The molecule has 1 aliphatic rings. The van der Waals surface area contributed by atoms with E-state index in [0.29, 0.717) is 0 Å². The molecule has 26 heavy (non-hydrogen) atoms. The van der Waals surface area contributed by atoms with Crippen molar-refractivity contribution >= 4 is 5.97 Å². The van der Waals surface area contributed by atoms with Crippen LogP contribution >= 0.6 is 0 Å². The fourth-order valence-corrected chi connectivity index (χ4v) is 3.78. The molecule has 4 heteroatoms. The molecule has 2 aromatic rings. The molecule has 0 saturated heterocycles. The SMILES string of the molecule is CC(=O)O[C@H]1CCC[C@@H](N(Cc2ccccc2)Cc2ccccc2)[C@@H]1O. The number of nitrogens with zero attached hydrogens (tertiary/aromatic N) is 1. The molecule has 3 atom stereocenters. The number of benzene rings is 2. The first-order valence-corrected chi connectivity index (χ1v) is 9.30.